The molecule has 0 saturated carbocycles. The predicted octanol–water partition coefficient (Wildman–Crippen LogP) is 0.741. The van der Waals surface area contributed by atoms with Crippen LogP contribution in [0.5, 0.6) is 0 Å². The molecule has 0 aromatic rings. The minimum Gasteiger partial charge on any atom is -0.312 e. The Labute approximate surface area is 106 Å². The molecule has 0 radical (unpaired) electrons. The summed E-state index contributed by atoms with van der Waals surface area (Å²) >= 11 is 0. The van der Waals surface area contributed by atoms with E-state index in [1.165, 1.54) is 0 Å². The number of rotatable bonds is 5. The second-order valence-corrected chi connectivity index (χ2v) is 8.47. The van der Waals surface area contributed by atoms with E-state index in [2.05, 4.69) is 38.2 Å². The van der Waals surface area contributed by atoms with Gasteiger partial charge in [-0.1, -0.05) is 13.8 Å². The largest absolute Gasteiger partial charge is 0.312 e. The van der Waals surface area contributed by atoms with Gasteiger partial charge in [0.1, 0.15) is 0 Å². The Morgan fingerprint density at radius 3 is 2.53 bits per heavy atom. The molecule has 1 heterocycles. The van der Waals surface area contributed by atoms with E-state index < -0.39 is 9.84 Å². The smallest absolute Gasteiger partial charge is 0.151 e. The number of nitrogens with zero attached hydrogens (tertiary/aromatic N) is 1. The third kappa shape index (κ3) is 5.84. The molecule has 1 rings (SSSR count). The molecule has 17 heavy (non-hydrogen) atoms. The van der Waals surface area contributed by atoms with Crippen molar-refractivity contribution in [3.05, 3.63) is 0 Å². The molecular formula is C12H26N2O2S. The van der Waals surface area contributed by atoms with E-state index in [-0.39, 0.29) is 11.5 Å². The van der Waals surface area contributed by atoms with Gasteiger partial charge in [-0.05, 0) is 32.4 Å². The Bertz CT molecular complexity index is 336. The molecular weight excluding hydrogens is 236 g/mol. The van der Waals surface area contributed by atoms with Crippen molar-refractivity contribution < 1.29 is 8.42 Å². The van der Waals surface area contributed by atoms with E-state index in [0.29, 0.717) is 11.5 Å². The molecule has 1 unspecified atom stereocenters. The third-order valence-electron chi connectivity index (χ3n) is 3.08. The first-order valence-corrected chi connectivity index (χ1v) is 8.11. The molecule has 4 nitrogen and oxygen atoms in total. The zero-order valence-corrected chi connectivity index (χ0v) is 12.3. The molecule has 0 aliphatic carbocycles. The maximum absolute atomic E-state index is 11.5. The first kappa shape index (κ1) is 14.9. The first-order chi connectivity index (χ1) is 7.70. The van der Waals surface area contributed by atoms with Crippen LogP contribution in [0.3, 0.4) is 0 Å². The molecule has 5 heteroatoms. The molecule has 0 spiro atoms. The molecule has 0 amide bonds. The number of hydrogen-bond acceptors (Lipinski definition) is 4. The summed E-state index contributed by atoms with van der Waals surface area (Å²) in [6.45, 7) is 6.28. The molecule has 0 aromatic carbocycles. The Morgan fingerprint density at radius 2 is 2.00 bits per heavy atom. The highest BCUT2D eigenvalue weighted by molar-refractivity contribution is 7.91. The van der Waals surface area contributed by atoms with Crippen LogP contribution in [0.15, 0.2) is 0 Å². The lowest BCUT2D eigenvalue weighted by atomic mass is 9.92. The topological polar surface area (TPSA) is 49.4 Å². The normalized spacial score (nSPS) is 25.1. The summed E-state index contributed by atoms with van der Waals surface area (Å²) in [6.07, 6.45) is 1.78. The fraction of sp³-hybridized carbons (Fsp3) is 1.00. The van der Waals surface area contributed by atoms with Crippen LogP contribution in [0.4, 0.5) is 0 Å². The molecule has 102 valence electrons. The van der Waals surface area contributed by atoms with E-state index in [1.807, 2.05) is 0 Å². The third-order valence-corrected chi connectivity index (χ3v) is 4.90. The highest BCUT2D eigenvalue weighted by atomic mass is 32.2. The summed E-state index contributed by atoms with van der Waals surface area (Å²) in [5.74, 6) is 0.678. The Morgan fingerprint density at radius 1 is 1.35 bits per heavy atom. The van der Waals surface area contributed by atoms with Gasteiger partial charge >= 0.3 is 0 Å². The van der Waals surface area contributed by atoms with E-state index >= 15 is 0 Å². The van der Waals surface area contributed by atoms with E-state index in [0.717, 1.165) is 25.9 Å². The standard InChI is InChI=1S/C12H26N2O2S/c1-12(2,10-14(3)4)9-13-11-6-5-7-17(15,16)8-11/h11,13H,5-10H2,1-4H3. The van der Waals surface area contributed by atoms with E-state index in [4.69, 9.17) is 0 Å². The highest BCUT2D eigenvalue weighted by Crippen LogP contribution is 2.17. The summed E-state index contributed by atoms with van der Waals surface area (Å²) in [6, 6.07) is 0.148. The van der Waals surface area contributed by atoms with Crippen LogP contribution < -0.4 is 5.32 Å². The van der Waals surface area contributed by atoms with Crippen molar-refractivity contribution in [2.45, 2.75) is 32.7 Å². The Balaban J connectivity index is 2.40. The summed E-state index contributed by atoms with van der Waals surface area (Å²) in [4.78, 5) is 2.17. The summed E-state index contributed by atoms with van der Waals surface area (Å²) in [5, 5.41) is 3.42. The van der Waals surface area contributed by atoms with Crippen LogP contribution in [0.2, 0.25) is 0 Å². The first-order valence-electron chi connectivity index (χ1n) is 6.29. The predicted molar refractivity (Wildman–Crippen MR) is 72.0 cm³/mol. The van der Waals surface area contributed by atoms with Crippen LogP contribution in [-0.4, -0.2) is 58.1 Å². The Kier molecular flexibility index (Phi) is 4.98. The zero-order valence-electron chi connectivity index (χ0n) is 11.5. The zero-order chi connectivity index (χ0) is 13.1. The fourth-order valence-electron chi connectivity index (χ4n) is 2.52. The van der Waals surface area contributed by atoms with Crippen LogP contribution in [-0.2, 0) is 9.84 Å². The van der Waals surface area contributed by atoms with Gasteiger partial charge in [-0.2, -0.15) is 0 Å². The van der Waals surface area contributed by atoms with Gasteiger partial charge in [0.25, 0.3) is 0 Å². The molecule has 0 bridgehead atoms. The maximum Gasteiger partial charge on any atom is 0.151 e. The molecule has 1 fully saturated rings. The van der Waals surface area contributed by atoms with Crippen LogP contribution in [0.25, 0.3) is 0 Å². The van der Waals surface area contributed by atoms with Crippen molar-refractivity contribution in [3.63, 3.8) is 0 Å². The van der Waals surface area contributed by atoms with Gasteiger partial charge in [-0.25, -0.2) is 8.42 Å². The van der Waals surface area contributed by atoms with Crippen molar-refractivity contribution in [1.82, 2.24) is 10.2 Å². The number of hydrogen-bond donors (Lipinski definition) is 1. The summed E-state index contributed by atoms with van der Waals surface area (Å²) in [5.41, 5.74) is 0.171. The van der Waals surface area contributed by atoms with Crippen LogP contribution in [0.1, 0.15) is 26.7 Å². The molecule has 0 aromatic heterocycles. The van der Waals surface area contributed by atoms with Gasteiger partial charge in [0.15, 0.2) is 9.84 Å². The SMILES string of the molecule is CN(C)CC(C)(C)CNC1CCCS(=O)(=O)C1. The minimum atomic E-state index is -2.80. The van der Waals surface area contributed by atoms with Crippen molar-refractivity contribution >= 4 is 9.84 Å². The lowest BCUT2D eigenvalue weighted by Crippen LogP contribution is -2.46. The summed E-state index contributed by atoms with van der Waals surface area (Å²) in [7, 11) is 1.33. The maximum atomic E-state index is 11.5. The Hall–Kier alpha value is -0.130. The molecule has 1 saturated heterocycles. The lowest BCUT2D eigenvalue weighted by molar-refractivity contribution is 0.225. The monoisotopic (exact) mass is 262 g/mol. The summed E-state index contributed by atoms with van der Waals surface area (Å²) < 4.78 is 23.0. The second kappa shape index (κ2) is 5.67. The van der Waals surface area contributed by atoms with Crippen molar-refractivity contribution in [2.75, 3.05) is 38.7 Å². The molecule has 1 aliphatic heterocycles. The fourth-order valence-corrected chi connectivity index (χ4v) is 4.19. The molecule has 1 atom stereocenters. The van der Waals surface area contributed by atoms with Crippen LogP contribution in [0, 0.1) is 5.41 Å². The van der Waals surface area contributed by atoms with E-state index in [9.17, 15) is 8.42 Å². The van der Waals surface area contributed by atoms with Gasteiger partial charge in [-0.15, -0.1) is 0 Å². The lowest BCUT2D eigenvalue weighted by Gasteiger charge is -2.32. The molecule has 1 aliphatic rings. The van der Waals surface area contributed by atoms with Crippen molar-refractivity contribution in [2.24, 2.45) is 5.41 Å². The van der Waals surface area contributed by atoms with Crippen molar-refractivity contribution in [1.29, 1.82) is 0 Å². The quantitative estimate of drug-likeness (QED) is 0.794. The highest BCUT2D eigenvalue weighted by Gasteiger charge is 2.26. The van der Waals surface area contributed by atoms with Crippen LogP contribution >= 0.6 is 0 Å². The molecule has 1 N–H and O–H groups in total. The van der Waals surface area contributed by atoms with Gasteiger partial charge in [0.05, 0.1) is 11.5 Å². The number of sulfone groups is 1. The van der Waals surface area contributed by atoms with Crippen molar-refractivity contribution in [3.8, 4) is 0 Å². The second-order valence-electron chi connectivity index (χ2n) is 6.24. The average molecular weight is 262 g/mol. The van der Waals surface area contributed by atoms with Gasteiger partial charge < -0.3 is 10.2 Å². The number of nitrogens with one attached hydrogen (secondary N) is 1. The minimum absolute atomic E-state index is 0.148. The van der Waals surface area contributed by atoms with Gasteiger partial charge in [-0.3, -0.25) is 0 Å². The van der Waals surface area contributed by atoms with E-state index in [1.54, 1.807) is 0 Å². The van der Waals surface area contributed by atoms with Gasteiger partial charge in [0, 0.05) is 19.1 Å². The average Bonchev–Trinajstić information content (AvgIpc) is 2.11. The van der Waals surface area contributed by atoms with Gasteiger partial charge in [0.2, 0.25) is 0 Å².